The Bertz CT molecular complexity index is 908. The molecule has 154 valence electrons. The molecule has 29 heavy (non-hydrogen) atoms. The van der Waals surface area contributed by atoms with Gasteiger partial charge in [-0.05, 0) is 60.7 Å². The maximum Gasteiger partial charge on any atom is 0.251 e. The largest absolute Gasteiger partial charge is 0.486 e. The van der Waals surface area contributed by atoms with E-state index in [1.807, 2.05) is 58.0 Å². The highest BCUT2D eigenvalue weighted by molar-refractivity contribution is 5.96. The normalized spacial score (nSPS) is 13.7. The Hall–Kier alpha value is -3.02. The van der Waals surface area contributed by atoms with E-state index in [1.54, 1.807) is 6.07 Å². The molecule has 0 fully saturated rings. The number of benzene rings is 2. The number of ether oxygens (including phenoxy) is 2. The van der Waals surface area contributed by atoms with Crippen LogP contribution < -0.4 is 20.1 Å². The number of amides is 2. The first-order valence-corrected chi connectivity index (χ1v) is 9.89. The van der Waals surface area contributed by atoms with Crippen molar-refractivity contribution < 1.29 is 19.1 Å². The van der Waals surface area contributed by atoms with Gasteiger partial charge in [-0.3, -0.25) is 9.59 Å². The lowest BCUT2D eigenvalue weighted by Gasteiger charge is -2.25. The fourth-order valence-electron chi connectivity index (χ4n) is 3.26. The molecule has 6 nitrogen and oxygen atoms in total. The molecular weight excluding hydrogens is 368 g/mol. The number of nitrogens with one attached hydrogen (secondary N) is 2. The van der Waals surface area contributed by atoms with Crippen molar-refractivity contribution in [3.8, 4) is 11.5 Å². The summed E-state index contributed by atoms with van der Waals surface area (Å²) >= 11 is 0. The predicted octanol–water partition coefficient (Wildman–Crippen LogP) is 3.32. The first kappa shape index (κ1) is 20.7. The third-order valence-corrected chi connectivity index (χ3v) is 5.09. The third-order valence-electron chi connectivity index (χ3n) is 5.09. The van der Waals surface area contributed by atoms with Crippen LogP contribution in [0.2, 0.25) is 0 Å². The minimum Gasteiger partial charge on any atom is -0.486 e. The van der Waals surface area contributed by atoms with Crippen LogP contribution in [0.3, 0.4) is 0 Å². The summed E-state index contributed by atoms with van der Waals surface area (Å²) < 4.78 is 11.2. The van der Waals surface area contributed by atoms with Crippen molar-refractivity contribution >= 4 is 11.8 Å². The summed E-state index contributed by atoms with van der Waals surface area (Å²) in [5.74, 6) is 1.07. The fraction of sp³-hybridized carbons (Fsp3) is 0.391. The topological polar surface area (TPSA) is 76.7 Å². The molecule has 0 aromatic heterocycles. The van der Waals surface area contributed by atoms with Gasteiger partial charge in [0.15, 0.2) is 11.5 Å². The Morgan fingerprint density at radius 3 is 2.38 bits per heavy atom. The summed E-state index contributed by atoms with van der Waals surface area (Å²) in [4.78, 5) is 24.8. The maximum absolute atomic E-state index is 12.5. The lowest BCUT2D eigenvalue weighted by molar-refractivity contribution is -0.121. The van der Waals surface area contributed by atoms with E-state index in [9.17, 15) is 9.59 Å². The Morgan fingerprint density at radius 2 is 1.69 bits per heavy atom. The summed E-state index contributed by atoms with van der Waals surface area (Å²) in [5, 5.41) is 5.71. The van der Waals surface area contributed by atoms with Gasteiger partial charge in [0.25, 0.3) is 5.91 Å². The van der Waals surface area contributed by atoms with Gasteiger partial charge in [0.2, 0.25) is 5.91 Å². The second kappa shape index (κ2) is 8.99. The lowest BCUT2D eigenvalue weighted by Crippen LogP contribution is -2.40. The van der Waals surface area contributed by atoms with E-state index in [4.69, 9.17) is 9.47 Å². The Balaban J connectivity index is 1.62. The summed E-state index contributed by atoms with van der Waals surface area (Å²) in [6, 6.07) is 11.0. The van der Waals surface area contributed by atoms with Crippen molar-refractivity contribution in [1.29, 1.82) is 0 Å². The number of hydrogen-bond acceptors (Lipinski definition) is 4. The average molecular weight is 396 g/mol. The van der Waals surface area contributed by atoms with Gasteiger partial charge in [-0.1, -0.05) is 26.0 Å². The quantitative estimate of drug-likeness (QED) is 0.785. The van der Waals surface area contributed by atoms with Gasteiger partial charge < -0.3 is 20.1 Å². The van der Waals surface area contributed by atoms with Crippen LogP contribution in [0.5, 0.6) is 11.5 Å². The third kappa shape index (κ3) is 5.08. The van der Waals surface area contributed by atoms with Crippen LogP contribution in [0, 0.1) is 19.8 Å². The van der Waals surface area contributed by atoms with Gasteiger partial charge >= 0.3 is 0 Å². The fourth-order valence-corrected chi connectivity index (χ4v) is 3.26. The second-order valence-corrected chi connectivity index (χ2v) is 7.67. The van der Waals surface area contributed by atoms with Gasteiger partial charge in [0.1, 0.15) is 13.2 Å². The van der Waals surface area contributed by atoms with Crippen LogP contribution in [-0.2, 0) is 4.79 Å². The molecule has 2 amide bonds. The molecule has 2 aromatic rings. The van der Waals surface area contributed by atoms with E-state index in [2.05, 4.69) is 10.6 Å². The summed E-state index contributed by atoms with van der Waals surface area (Å²) in [7, 11) is 0. The number of aryl methyl sites for hydroxylation is 2. The molecule has 1 aliphatic rings. The summed E-state index contributed by atoms with van der Waals surface area (Å²) in [6.45, 7) is 8.99. The maximum atomic E-state index is 12.5. The number of fused-ring (bicyclic) bond motifs is 1. The first-order chi connectivity index (χ1) is 13.8. The van der Waals surface area contributed by atoms with Gasteiger partial charge in [-0.25, -0.2) is 0 Å². The molecule has 1 atom stereocenters. The highest BCUT2D eigenvalue weighted by Gasteiger charge is 2.21. The molecule has 0 spiro atoms. The first-order valence-electron chi connectivity index (χ1n) is 9.89. The summed E-state index contributed by atoms with van der Waals surface area (Å²) in [5.41, 5.74) is 3.66. The standard InChI is InChI=1S/C23H28N2O4/c1-14(2)22(17-7-8-19-20(12-17)29-10-9-28-19)25-21(26)13-24-23(27)18-6-5-15(3)16(4)11-18/h5-8,11-12,14,22H,9-10,13H2,1-4H3,(H,24,27)(H,25,26)/t22-/m0/s1. The smallest absolute Gasteiger partial charge is 0.251 e. The van der Waals surface area contributed by atoms with E-state index in [0.717, 1.165) is 22.4 Å². The van der Waals surface area contributed by atoms with E-state index in [0.29, 0.717) is 24.5 Å². The van der Waals surface area contributed by atoms with Crippen LogP contribution in [0.25, 0.3) is 0 Å². The van der Waals surface area contributed by atoms with E-state index < -0.39 is 0 Å². The van der Waals surface area contributed by atoms with Crippen LogP contribution in [0.1, 0.15) is 46.9 Å². The molecule has 1 heterocycles. The van der Waals surface area contributed by atoms with Crippen molar-refractivity contribution in [2.75, 3.05) is 19.8 Å². The van der Waals surface area contributed by atoms with E-state index >= 15 is 0 Å². The molecule has 2 N–H and O–H groups in total. The highest BCUT2D eigenvalue weighted by Crippen LogP contribution is 2.34. The van der Waals surface area contributed by atoms with Crippen LogP contribution in [-0.4, -0.2) is 31.6 Å². The van der Waals surface area contributed by atoms with Gasteiger partial charge in [0, 0.05) is 5.56 Å². The zero-order valence-corrected chi connectivity index (χ0v) is 17.4. The Kier molecular flexibility index (Phi) is 6.42. The van der Waals surface area contributed by atoms with Crippen molar-refractivity contribution in [2.24, 2.45) is 5.92 Å². The number of carbonyl (C=O) groups excluding carboxylic acids is 2. The number of hydrogen-bond donors (Lipinski definition) is 2. The van der Waals surface area contributed by atoms with Gasteiger partial charge in [-0.2, -0.15) is 0 Å². The molecule has 0 saturated carbocycles. The van der Waals surface area contributed by atoms with E-state index in [-0.39, 0.29) is 30.3 Å². The molecule has 0 bridgehead atoms. The molecule has 1 aliphatic heterocycles. The molecular formula is C23H28N2O4. The van der Waals surface area contributed by atoms with Crippen molar-refractivity contribution in [3.05, 3.63) is 58.7 Å². The molecule has 0 radical (unpaired) electrons. The molecule has 2 aromatic carbocycles. The van der Waals surface area contributed by atoms with Crippen molar-refractivity contribution in [1.82, 2.24) is 10.6 Å². The average Bonchev–Trinajstić information content (AvgIpc) is 2.71. The van der Waals surface area contributed by atoms with Crippen LogP contribution >= 0.6 is 0 Å². The predicted molar refractivity (Wildman–Crippen MR) is 111 cm³/mol. The van der Waals surface area contributed by atoms with E-state index in [1.165, 1.54) is 0 Å². The highest BCUT2D eigenvalue weighted by atomic mass is 16.6. The Labute approximate surface area is 171 Å². The minimum atomic E-state index is -0.260. The SMILES string of the molecule is Cc1ccc(C(=O)NCC(=O)N[C@H](c2ccc3c(c2)OCCO3)C(C)C)cc1C. The second-order valence-electron chi connectivity index (χ2n) is 7.67. The van der Waals surface area contributed by atoms with Crippen molar-refractivity contribution in [2.45, 2.75) is 33.7 Å². The Morgan fingerprint density at radius 1 is 0.966 bits per heavy atom. The molecule has 0 unspecified atom stereocenters. The van der Waals surface area contributed by atoms with Gasteiger partial charge in [-0.15, -0.1) is 0 Å². The molecule has 0 saturated heterocycles. The summed E-state index contributed by atoms with van der Waals surface area (Å²) in [6.07, 6.45) is 0. The zero-order chi connectivity index (χ0) is 21.0. The van der Waals surface area contributed by atoms with Crippen molar-refractivity contribution in [3.63, 3.8) is 0 Å². The lowest BCUT2D eigenvalue weighted by atomic mass is 9.95. The molecule has 6 heteroatoms. The zero-order valence-electron chi connectivity index (χ0n) is 17.4. The van der Waals surface area contributed by atoms with Gasteiger partial charge in [0.05, 0.1) is 12.6 Å². The van der Waals surface area contributed by atoms with Crippen LogP contribution in [0.15, 0.2) is 36.4 Å². The monoisotopic (exact) mass is 396 g/mol. The minimum absolute atomic E-state index is 0.0838. The molecule has 0 aliphatic carbocycles. The number of rotatable bonds is 6. The number of carbonyl (C=O) groups is 2. The molecule has 3 rings (SSSR count). The van der Waals surface area contributed by atoms with Crippen LogP contribution in [0.4, 0.5) is 0 Å².